The van der Waals surface area contributed by atoms with Crippen LogP contribution in [0.15, 0.2) is 66.7 Å². The van der Waals surface area contributed by atoms with Crippen molar-refractivity contribution >= 4 is 55.2 Å². The Morgan fingerprint density at radius 3 is 2.08 bits per heavy atom. The highest BCUT2D eigenvalue weighted by molar-refractivity contribution is 6.32. The number of aryl methyl sites for hydroxylation is 2. The quantitative estimate of drug-likeness (QED) is 0.224. The van der Waals surface area contributed by atoms with Crippen molar-refractivity contribution in [1.29, 1.82) is 0 Å². The smallest absolute Gasteiger partial charge is 0.134 e. The highest BCUT2D eigenvalue weighted by atomic mass is 35.5. The van der Waals surface area contributed by atoms with Crippen LogP contribution in [0.4, 0.5) is 4.39 Å². The Labute approximate surface area is 231 Å². The normalized spacial score (nSPS) is 11.5. The molecule has 39 heavy (non-hydrogen) atoms. The van der Waals surface area contributed by atoms with Gasteiger partial charge in [-0.25, -0.2) is 4.39 Å². The van der Waals surface area contributed by atoms with E-state index in [1.54, 1.807) is 6.07 Å². The van der Waals surface area contributed by atoms with Crippen LogP contribution in [0.3, 0.4) is 0 Å². The molecular weight excluding hydrogens is 515 g/mol. The van der Waals surface area contributed by atoms with Crippen LogP contribution in [0.2, 0.25) is 5.02 Å². The fraction of sp³-hybridized carbons (Fsp3) is 0.250. The van der Waals surface area contributed by atoms with E-state index in [0.29, 0.717) is 17.2 Å². The fourth-order valence-corrected chi connectivity index (χ4v) is 5.70. The van der Waals surface area contributed by atoms with Crippen LogP contribution < -0.4 is 4.74 Å². The molecule has 6 rings (SSSR count). The minimum absolute atomic E-state index is 0.0371. The second-order valence-electron chi connectivity index (χ2n) is 9.33. The van der Waals surface area contributed by atoms with Crippen LogP contribution in [-0.2, 0) is 26.3 Å². The molecule has 4 aromatic carbocycles. The summed E-state index contributed by atoms with van der Waals surface area (Å²) < 4.78 is 24.0. The van der Waals surface area contributed by atoms with Crippen molar-refractivity contribution in [3.8, 4) is 5.75 Å². The summed E-state index contributed by atoms with van der Waals surface area (Å²) in [6.07, 6.45) is 0. The number of aliphatic hydroxyl groups is 2. The number of para-hydroxylation sites is 1. The second-order valence-corrected chi connectivity index (χ2v) is 9.76. The van der Waals surface area contributed by atoms with Crippen LogP contribution in [0.1, 0.15) is 31.9 Å². The van der Waals surface area contributed by atoms with Gasteiger partial charge in [0.05, 0.1) is 36.2 Å². The summed E-state index contributed by atoms with van der Waals surface area (Å²) >= 11 is 6.18. The number of ether oxygens (including phenoxy) is 1. The molecule has 0 bridgehead atoms. The molecule has 0 saturated carbocycles. The summed E-state index contributed by atoms with van der Waals surface area (Å²) in [5.41, 5.74) is 5.38. The molecule has 0 aliphatic rings. The number of aromatic nitrogens is 2. The average molecular weight is 547 g/mol. The van der Waals surface area contributed by atoms with Gasteiger partial charge in [0.15, 0.2) is 0 Å². The Kier molecular flexibility index (Phi) is 7.80. The Balaban J connectivity index is 0.000000160. The fourth-order valence-electron chi connectivity index (χ4n) is 5.52. The number of rotatable bonds is 6. The highest BCUT2D eigenvalue weighted by Crippen LogP contribution is 2.39. The molecule has 0 amide bonds. The van der Waals surface area contributed by atoms with Crippen molar-refractivity contribution in [2.45, 2.75) is 47.1 Å². The first-order valence-corrected chi connectivity index (χ1v) is 13.6. The molecule has 0 saturated heterocycles. The van der Waals surface area contributed by atoms with Gasteiger partial charge in [-0.05, 0) is 63.2 Å². The van der Waals surface area contributed by atoms with E-state index in [1.165, 1.54) is 6.07 Å². The van der Waals surface area contributed by atoms with E-state index in [1.807, 2.05) is 68.4 Å². The summed E-state index contributed by atoms with van der Waals surface area (Å²) in [7, 11) is 0. The lowest BCUT2D eigenvalue weighted by molar-refractivity contribution is 0.268. The Morgan fingerprint density at radius 1 is 0.718 bits per heavy atom. The van der Waals surface area contributed by atoms with Crippen LogP contribution in [0.25, 0.3) is 43.6 Å². The molecule has 0 atom stereocenters. The lowest BCUT2D eigenvalue weighted by Gasteiger charge is -2.11. The zero-order chi connectivity index (χ0) is 27.7. The van der Waals surface area contributed by atoms with Crippen LogP contribution in [0.5, 0.6) is 5.75 Å². The number of aliphatic hydroxyl groups excluding tert-OH is 2. The zero-order valence-electron chi connectivity index (χ0n) is 22.3. The molecule has 7 heteroatoms. The molecule has 0 aliphatic heterocycles. The largest absolute Gasteiger partial charge is 0.493 e. The van der Waals surface area contributed by atoms with Gasteiger partial charge in [-0.15, -0.1) is 0 Å². The molecule has 0 unspecified atom stereocenters. The monoisotopic (exact) mass is 546 g/mol. The standard InChI is InChI=1S/C17H18ClNO2.C15H14FNO/c1-3-19-14-8-6-12(18)9-13(14)16-15(19)7-5-11(10-20)17(16)21-4-2;1-2-17-14-6-4-3-5-11(14)12-7-10(9-18)13(16)8-15(12)17/h5-9,20H,3-4,10H2,1-2H3;3-8,18H,2,9H2,1H3. The van der Waals surface area contributed by atoms with Crippen LogP contribution in [-0.4, -0.2) is 26.0 Å². The summed E-state index contributed by atoms with van der Waals surface area (Å²) in [6.45, 7) is 8.03. The van der Waals surface area contributed by atoms with E-state index in [-0.39, 0.29) is 19.0 Å². The topological polar surface area (TPSA) is 59.5 Å². The first-order valence-electron chi connectivity index (χ1n) is 13.2. The lowest BCUT2D eigenvalue weighted by atomic mass is 10.1. The third kappa shape index (κ3) is 4.63. The lowest BCUT2D eigenvalue weighted by Crippen LogP contribution is -1.98. The van der Waals surface area contributed by atoms with E-state index in [4.69, 9.17) is 21.4 Å². The third-order valence-corrected chi connectivity index (χ3v) is 7.46. The molecule has 0 aliphatic carbocycles. The Bertz CT molecular complexity index is 1800. The molecular formula is C32H32ClFN2O3. The van der Waals surface area contributed by atoms with Crippen molar-refractivity contribution in [2.75, 3.05) is 6.61 Å². The second kappa shape index (κ2) is 11.3. The highest BCUT2D eigenvalue weighted by Gasteiger charge is 2.17. The summed E-state index contributed by atoms with van der Waals surface area (Å²) in [5.74, 6) is 0.416. The van der Waals surface area contributed by atoms with E-state index in [9.17, 15) is 9.50 Å². The van der Waals surface area contributed by atoms with Gasteiger partial charge >= 0.3 is 0 Å². The van der Waals surface area contributed by atoms with Gasteiger partial charge in [-0.1, -0.05) is 35.9 Å². The summed E-state index contributed by atoms with van der Waals surface area (Å²) in [5, 5.41) is 23.6. The van der Waals surface area contributed by atoms with Gasteiger partial charge in [0, 0.05) is 56.4 Å². The SMILES string of the molecule is CCOc1c(CO)ccc2c1c1cc(Cl)ccc1n2CC.CCn1c2ccccc2c2cc(CO)c(F)cc21. The van der Waals surface area contributed by atoms with Crippen molar-refractivity contribution in [2.24, 2.45) is 0 Å². The van der Waals surface area contributed by atoms with Crippen LogP contribution >= 0.6 is 11.6 Å². The zero-order valence-corrected chi connectivity index (χ0v) is 23.1. The average Bonchev–Trinajstić information content (AvgIpc) is 3.44. The molecule has 2 aromatic heterocycles. The number of nitrogens with zero attached hydrogens (tertiary/aromatic N) is 2. The van der Waals surface area contributed by atoms with Gasteiger partial charge in [0.1, 0.15) is 11.6 Å². The van der Waals surface area contributed by atoms with Gasteiger partial charge in [0.25, 0.3) is 0 Å². The van der Waals surface area contributed by atoms with E-state index < -0.39 is 0 Å². The predicted octanol–water partition coefficient (Wildman–Crippen LogP) is 7.80. The molecule has 202 valence electrons. The maximum absolute atomic E-state index is 13.8. The van der Waals surface area contributed by atoms with E-state index in [2.05, 4.69) is 16.1 Å². The molecule has 2 heterocycles. The molecule has 0 radical (unpaired) electrons. The first-order chi connectivity index (χ1) is 19.0. The number of halogens is 2. The minimum atomic E-state index is -0.345. The van der Waals surface area contributed by atoms with Gasteiger partial charge in [-0.3, -0.25) is 0 Å². The number of hydrogen-bond donors (Lipinski definition) is 2. The van der Waals surface area contributed by atoms with Crippen molar-refractivity contribution in [3.05, 3.63) is 88.7 Å². The molecule has 6 aromatic rings. The molecule has 2 N–H and O–H groups in total. The van der Waals surface area contributed by atoms with Crippen LogP contribution in [0, 0.1) is 5.82 Å². The number of benzene rings is 4. The maximum atomic E-state index is 13.8. The molecule has 0 fully saturated rings. The third-order valence-electron chi connectivity index (χ3n) is 7.23. The van der Waals surface area contributed by atoms with Crippen molar-refractivity contribution < 1.29 is 19.3 Å². The number of hydrogen-bond acceptors (Lipinski definition) is 3. The Morgan fingerprint density at radius 2 is 1.38 bits per heavy atom. The minimum Gasteiger partial charge on any atom is -0.493 e. The first kappa shape index (κ1) is 27.0. The van der Waals surface area contributed by atoms with Gasteiger partial charge < -0.3 is 24.1 Å². The molecule has 0 spiro atoms. The summed E-state index contributed by atoms with van der Waals surface area (Å²) in [6, 6.07) is 21.2. The molecule has 5 nitrogen and oxygen atoms in total. The number of fused-ring (bicyclic) bond motifs is 6. The van der Waals surface area contributed by atoms with Gasteiger partial charge in [0.2, 0.25) is 0 Å². The van der Waals surface area contributed by atoms with E-state index in [0.717, 1.165) is 68.0 Å². The summed E-state index contributed by atoms with van der Waals surface area (Å²) in [4.78, 5) is 0. The predicted molar refractivity (Wildman–Crippen MR) is 158 cm³/mol. The van der Waals surface area contributed by atoms with E-state index >= 15 is 0 Å². The van der Waals surface area contributed by atoms with Gasteiger partial charge in [-0.2, -0.15) is 0 Å². The van der Waals surface area contributed by atoms with Crippen molar-refractivity contribution in [1.82, 2.24) is 9.13 Å². The van der Waals surface area contributed by atoms with Crippen molar-refractivity contribution in [3.63, 3.8) is 0 Å². The maximum Gasteiger partial charge on any atom is 0.134 e. The Hall–Kier alpha value is -3.58.